The Kier molecular flexibility index (Phi) is 21.9. The summed E-state index contributed by atoms with van der Waals surface area (Å²) in [7, 11) is -4.23. The van der Waals surface area contributed by atoms with Crippen LogP contribution in [0.4, 0.5) is 0 Å². The van der Waals surface area contributed by atoms with Crippen LogP contribution in [0.1, 0.15) is 91.9 Å². The highest BCUT2D eigenvalue weighted by Crippen LogP contribution is 2.10. The van der Waals surface area contributed by atoms with Gasteiger partial charge in [-0.1, -0.05) is 64.7 Å². The fourth-order valence-electron chi connectivity index (χ4n) is 3.10. The fraction of sp³-hybridized carbons (Fsp3) is 1.00. The summed E-state index contributed by atoms with van der Waals surface area (Å²) in [6.07, 6.45) is 10.6. The Morgan fingerprint density at radius 2 is 1.03 bits per heavy atom. The molecule has 0 rings (SSSR count). The average molecular weight is 458 g/mol. The van der Waals surface area contributed by atoms with Crippen molar-refractivity contribution in [3.8, 4) is 0 Å². The molecule has 0 heterocycles. The second kappa shape index (κ2) is 20.6. The van der Waals surface area contributed by atoms with Gasteiger partial charge in [-0.15, -0.1) is 0 Å². The van der Waals surface area contributed by atoms with E-state index < -0.39 is 28.7 Å². The lowest BCUT2D eigenvalue weighted by Crippen LogP contribution is -2.40. The van der Waals surface area contributed by atoms with Crippen LogP contribution in [0.25, 0.3) is 0 Å². The molecule has 8 nitrogen and oxygen atoms in total. The second-order valence-corrected chi connectivity index (χ2v) is 9.29. The SMILES string of the molecule is CC(O)CN(CC(C)O)CC(C)O.CCCCCCCCCCCCOS(=O)(=O)O. The molecule has 0 aromatic carbocycles. The first-order valence-corrected chi connectivity index (χ1v) is 12.7. The third-order valence-corrected chi connectivity index (χ3v) is 4.76. The quantitative estimate of drug-likeness (QED) is 0.183. The van der Waals surface area contributed by atoms with Crippen LogP contribution in [0.15, 0.2) is 0 Å². The van der Waals surface area contributed by atoms with E-state index in [4.69, 9.17) is 19.9 Å². The van der Waals surface area contributed by atoms with Gasteiger partial charge in [-0.25, -0.2) is 4.18 Å². The van der Waals surface area contributed by atoms with Crippen molar-refractivity contribution in [3.05, 3.63) is 0 Å². The molecule has 9 heteroatoms. The van der Waals surface area contributed by atoms with E-state index in [1.807, 2.05) is 4.90 Å². The summed E-state index contributed by atoms with van der Waals surface area (Å²) in [5.41, 5.74) is 0. The number of hydrogen-bond donors (Lipinski definition) is 4. The number of nitrogens with zero attached hydrogens (tertiary/aromatic N) is 1. The number of aliphatic hydroxyl groups excluding tert-OH is 3. The summed E-state index contributed by atoms with van der Waals surface area (Å²) >= 11 is 0. The topological polar surface area (TPSA) is 128 Å². The first-order valence-electron chi connectivity index (χ1n) is 11.4. The van der Waals surface area contributed by atoms with Gasteiger partial charge in [-0.2, -0.15) is 8.42 Å². The largest absolute Gasteiger partial charge is 0.397 e. The van der Waals surface area contributed by atoms with Crippen LogP contribution in [0, 0.1) is 0 Å². The van der Waals surface area contributed by atoms with Gasteiger partial charge in [-0.05, 0) is 27.2 Å². The Balaban J connectivity index is 0. The van der Waals surface area contributed by atoms with Gasteiger partial charge in [0.1, 0.15) is 0 Å². The summed E-state index contributed by atoms with van der Waals surface area (Å²) in [6.45, 7) is 8.83. The molecule has 30 heavy (non-hydrogen) atoms. The minimum Gasteiger partial charge on any atom is -0.392 e. The summed E-state index contributed by atoms with van der Waals surface area (Å²) < 4.78 is 33.0. The van der Waals surface area contributed by atoms with E-state index in [0.29, 0.717) is 26.1 Å². The minimum absolute atomic E-state index is 0.0926. The lowest BCUT2D eigenvalue weighted by atomic mass is 10.1. The van der Waals surface area contributed by atoms with Gasteiger partial charge in [0.25, 0.3) is 0 Å². The third kappa shape index (κ3) is 29.9. The predicted octanol–water partition coefficient (Wildman–Crippen LogP) is 3.16. The van der Waals surface area contributed by atoms with E-state index in [1.165, 1.54) is 44.9 Å². The lowest BCUT2D eigenvalue weighted by Gasteiger charge is -2.25. The van der Waals surface area contributed by atoms with E-state index >= 15 is 0 Å². The zero-order valence-corrected chi connectivity index (χ0v) is 20.3. The normalized spacial score (nSPS) is 14.8. The molecule has 0 aliphatic rings. The van der Waals surface area contributed by atoms with E-state index in [-0.39, 0.29) is 6.61 Å². The summed E-state index contributed by atoms with van der Waals surface area (Å²) in [4.78, 5) is 1.85. The molecular weight excluding hydrogens is 410 g/mol. The van der Waals surface area contributed by atoms with Gasteiger partial charge in [0, 0.05) is 19.6 Å². The third-order valence-electron chi connectivity index (χ3n) is 4.30. The van der Waals surface area contributed by atoms with Crippen molar-refractivity contribution in [2.45, 2.75) is 110 Å². The number of unbranched alkanes of at least 4 members (excludes halogenated alkanes) is 9. The molecule has 0 amide bonds. The van der Waals surface area contributed by atoms with Crippen molar-refractivity contribution in [3.63, 3.8) is 0 Å². The number of hydrogen-bond acceptors (Lipinski definition) is 7. The van der Waals surface area contributed by atoms with E-state index in [9.17, 15) is 8.42 Å². The molecule has 0 radical (unpaired) electrons. The van der Waals surface area contributed by atoms with Gasteiger partial charge in [0.15, 0.2) is 0 Å². The van der Waals surface area contributed by atoms with Gasteiger partial charge in [0.2, 0.25) is 0 Å². The molecule has 0 aromatic heterocycles. The van der Waals surface area contributed by atoms with Crippen LogP contribution in [-0.4, -0.2) is 77.7 Å². The van der Waals surface area contributed by atoms with Crippen LogP contribution in [0.5, 0.6) is 0 Å². The second-order valence-electron chi connectivity index (χ2n) is 8.20. The summed E-state index contributed by atoms with van der Waals surface area (Å²) in [6, 6.07) is 0. The Morgan fingerprint density at radius 1 is 0.700 bits per heavy atom. The van der Waals surface area contributed by atoms with Crippen molar-refractivity contribution >= 4 is 10.4 Å². The molecule has 0 fully saturated rings. The molecule has 3 unspecified atom stereocenters. The van der Waals surface area contributed by atoms with Crippen molar-refractivity contribution in [2.24, 2.45) is 0 Å². The highest BCUT2D eigenvalue weighted by molar-refractivity contribution is 7.80. The smallest absolute Gasteiger partial charge is 0.392 e. The van der Waals surface area contributed by atoms with Crippen molar-refractivity contribution in [1.29, 1.82) is 0 Å². The average Bonchev–Trinajstić information content (AvgIpc) is 2.57. The maximum atomic E-state index is 10.2. The molecule has 0 saturated heterocycles. The molecule has 4 N–H and O–H groups in total. The molecule has 0 spiro atoms. The molecule has 0 bridgehead atoms. The minimum atomic E-state index is -4.23. The van der Waals surface area contributed by atoms with Crippen LogP contribution in [0.3, 0.4) is 0 Å². The summed E-state index contributed by atoms with van der Waals surface area (Å²) in [5.74, 6) is 0. The van der Waals surface area contributed by atoms with Crippen molar-refractivity contribution in [2.75, 3.05) is 26.2 Å². The molecule has 0 saturated carbocycles. The maximum Gasteiger partial charge on any atom is 0.397 e. The Morgan fingerprint density at radius 3 is 1.33 bits per heavy atom. The molecule has 0 aromatic rings. The highest BCUT2D eigenvalue weighted by Gasteiger charge is 2.12. The first kappa shape index (κ1) is 31.9. The first-order chi connectivity index (χ1) is 14.0. The predicted molar refractivity (Wildman–Crippen MR) is 121 cm³/mol. The number of rotatable bonds is 18. The van der Waals surface area contributed by atoms with Crippen LogP contribution < -0.4 is 0 Å². The zero-order chi connectivity index (χ0) is 23.4. The van der Waals surface area contributed by atoms with E-state index in [0.717, 1.165) is 12.8 Å². The van der Waals surface area contributed by atoms with Crippen molar-refractivity contribution < 1.29 is 32.5 Å². The number of aliphatic hydroxyl groups is 3. The Labute approximate surface area is 184 Å². The Bertz CT molecular complexity index is 432. The van der Waals surface area contributed by atoms with Crippen LogP contribution >= 0.6 is 0 Å². The molecule has 184 valence electrons. The fourth-order valence-corrected chi connectivity index (χ4v) is 3.43. The summed E-state index contributed by atoms with van der Waals surface area (Å²) in [5, 5.41) is 27.4. The maximum absolute atomic E-state index is 10.2. The standard InChI is InChI=1S/C12H26O4S.C9H21NO3/c1-2-3-4-5-6-7-8-9-10-11-12-16-17(13,14)15;1-7(11)4-10(5-8(2)12)6-9(3)13/h2-12H2,1H3,(H,13,14,15);7-9,11-13H,4-6H2,1-3H3. The van der Waals surface area contributed by atoms with Gasteiger partial charge < -0.3 is 15.3 Å². The van der Waals surface area contributed by atoms with Crippen molar-refractivity contribution in [1.82, 2.24) is 4.90 Å². The van der Waals surface area contributed by atoms with Gasteiger partial charge in [-0.3, -0.25) is 9.45 Å². The monoisotopic (exact) mass is 457 g/mol. The molecule has 0 aliphatic heterocycles. The Hall–Kier alpha value is -0.290. The lowest BCUT2D eigenvalue weighted by molar-refractivity contribution is 0.0530. The van der Waals surface area contributed by atoms with Crippen LogP contribution in [-0.2, 0) is 14.6 Å². The molecule has 3 atom stereocenters. The van der Waals surface area contributed by atoms with Gasteiger partial charge >= 0.3 is 10.4 Å². The van der Waals surface area contributed by atoms with Crippen LogP contribution in [0.2, 0.25) is 0 Å². The zero-order valence-electron chi connectivity index (χ0n) is 19.5. The van der Waals surface area contributed by atoms with E-state index in [1.54, 1.807) is 20.8 Å². The molecular formula is C21H47NO7S. The van der Waals surface area contributed by atoms with E-state index in [2.05, 4.69) is 11.1 Å². The molecule has 0 aliphatic carbocycles. The van der Waals surface area contributed by atoms with Gasteiger partial charge in [0.05, 0.1) is 24.9 Å². The highest BCUT2D eigenvalue weighted by atomic mass is 32.3.